The predicted molar refractivity (Wildman–Crippen MR) is 95.2 cm³/mol. The van der Waals surface area contributed by atoms with E-state index in [1.165, 1.54) is 0 Å². The lowest BCUT2D eigenvalue weighted by molar-refractivity contribution is -0.128. The zero-order chi connectivity index (χ0) is 18.3. The van der Waals surface area contributed by atoms with Gasteiger partial charge in [0, 0.05) is 17.7 Å². The summed E-state index contributed by atoms with van der Waals surface area (Å²) < 4.78 is 10.8. The SMILES string of the molecule is COc1cc2c(cc1OC)C1N(CC2)C(=O)CN1C(=O)c1ccccc1. The Morgan fingerprint density at radius 2 is 1.77 bits per heavy atom. The lowest BCUT2D eigenvalue weighted by atomic mass is 9.96. The van der Waals surface area contributed by atoms with Gasteiger partial charge in [0.1, 0.15) is 12.7 Å². The standard InChI is InChI=1S/C20H20N2O4/c1-25-16-10-14-8-9-21-18(23)12-22(19(21)15(14)11-17(16)26-2)20(24)13-6-4-3-5-7-13/h3-7,10-11,19H,8-9,12H2,1-2H3. The lowest BCUT2D eigenvalue weighted by Gasteiger charge is -2.36. The molecule has 2 amide bonds. The smallest absolute Gasteiger partial charge is 0.256 e. The number of amides is 2. The van der Waals surface area contributed by atoms with Crippen LogP contribution in [-0.4, -0.2) is 48.9 Å². The van der Waals surface area contributed by atoms with Crippen molar-refractivity contribution in [3.05, 3.63) is 59.2 Å². The van der Waals surface area contributed by atoms with Crippen LogP contribution in [0.3, 0.4) is 0 Å². The highest BCUT2D eigenvalue weighted by molar-refractivity contribution is 5.98. The molecule has 2 heterocycles. The molecule has 2 aromatic carbocycles. The summed E-state index contributed by atoms with van der Waals surface area (Å²) in [7, 11) is 3.18. The van der Waals surface area contributed by atoms with Gasteiger partial charge in [-0.25, -0.2) is 0 Å². The van der Waals surface area contributed by atoms with Gasteiger partial charge in [0.15, 0.2) is 11.5 Å². The van der Waals surface area contributed by atoms with E-state index in [1.54, 1.807) is 36.2 Å². The summed E-state index contributed by atoms with van der Waals surface area (Å²) in [6, 6.07) is 12.9. The van der Waals surface area contributed by atoms with Gasteiger partial charge in [-0.15, -0.1) is 0 Å². The van der Waals surface area contributed by atoms with E-state index in [0.717, 1.165) is 17.5 Å². The number of methoxy groups -OCH3 is 2. The van der Waals surface area contributed by atoms with E-state index in [9.17, 15) is 9.59 Å². The normalized spacial score (nSPS) is 18.4. The van der Waals surface area contributed by atoms with E-state index in [4.69, 9.17) is 9.47 Å². The van der Waals surface area contributed by atoms with E-state index >= 15 is 0 Å². The molecule has 26 heavy (non-hydrogen) atoms. The summed E-state index contributed by atoms with van der Waals surface area (Å²) in [5.41, 5.74) is 2.57. The first kappa shape index (κ1) is 16.4. The minimum Gasteiger partial charge on any atom is -0.493 e. The summed E-state index contributed by atoms with van der Waals surface area (Å²) in [4.78, 5) is 29.0. The van der Waals surface area contributed by atoms with Gasteiger partial charge < -0.3 is 19.3 Å². The van der Waals surface area contributed by atoms with Gasteiger partial charge in [-0.05, 0) is 36.2 Å². The van der Waals surface area contributed by atoms with Crippen LogP contribution in [-0.2, 0) is 11.2 Å². The average molecular weight is 352 g/mol. The van der Waals surface area contributed by atoms with Gasteiger partial charge in [0.25, 0.3) is 5.91 Å². The fraction of sp³-hybridized carbons (Fsp3) is 0.300. The van der Waals surface area contributed by atoms with Crippen molar-refractivity contribution in [2.45, 2.75) is 12.6 Å². The molecular formula is C20H20N2O4. The minimum absolute atomic E-state index is 0.0280. The third-order valence-corrected chi connectivity index (χ3v) is 5.04. The van der Waals surface area contributed by atoms with Crippen molar-refractivity contribution >= 4 is 11.8 Å². The molecule has 6 nitrogen and oxygen atoms in total. The number of carbonyl (C=O) groups excluding carboxylic acids is 2. The highest BCUT2D eigenvalue weighted by atomic mass is 16.5. The second-order valence-corrected chi connectivity index (χ2v) is 6.42. The van der Waals surface area contributed by atoms with Crippen molar-refractivity contribution in [1.29, 1.82) is 0 Å². The lowest BCUT2D eigenvalue weighted by Crippen LogP contribution is -2.39. The quantitative estimate of drug-likeness (QED) is 0.850. The fourth-order valence-electron chi connectivity index (χ4n) is 3.77. The van der Waals surface area contributed by atoms with Crippen molar-refractivity contribution < 1.29 is 19.1 Å². The van der Waals surface area contributed by atoms with Gasteiger partial charge in [-0.2, -0.15) is 0 Å². The molecule has 0 aliphatic carbocycles. The summed E-state index contributed by atoms with van der Waals surface area (Å²) in [6.45, 7) is 0.677. The van der Waals surface area contributed by atoms with Gasteiger partial charge in [0.05, 0.1) is 14.2 Å². The highest BCUT2D eigenvalue weighted by Crippen LogP contribution is 2.42. The number of hydrogen-bond acceptors (Lipinski definition) is 4. The molecule has 0 saturated carbocycles. The number of hydrogen-bond donors (Lipinski definition) is 0. The highest BCUT2D eigenvalue weighted by Gasteiger charge is 2.44. The van der Waals surface area contributed by atoms with Crippen molar-refractivity contribution in [1.82, 2.24) is 9.80 Å². The van der Waals surface area contributed by atoms with Crippen molar-refractivity contribution in [3.8, 4) is 11.5 Å². The maximum absolute atomic E-state index is 13.0. The molecule has 0 N–H and O–H groups in total. The van der Waals surface area contributed by atoms with Gasteiger partial charge in [0.2, 0.25) is 5.91 Å². The molecule has 0 bridgehead atoms. The fourth-order valence-corrected chi connectivity index (χ4v) is 3.77. The number of carbonyl (C=O) groups is 2. The number of nitrogens with zero attached hydrogens (tertiary/aromatic N) is 2. The molecule has 1 fully saturated rings. The zero-order valence-electron chi connectivity index (χ0n) is 14.8. The number of fused-ring (bicyclic) bond motifs is 3. The first-order chi connectivity index (χ1) is 12.6. The Balaban J connectivity index is 1.78. The van der Waals surface area contributed by atoms with Gasteiger partial charge in [-0.1, -0.05) is 18.2 Å². The van der Waals surface area contributed by atoms with Crippen molar-refractivity contribution in [2.75, 3.05) is 27.3 Å². The van der Waals surface area contributed by atoms with Crippen LogP contribution in [0.2, 0.25) is 0 Å². The molecule has 2 aromatic rings. The first-order valence-electron chi connectivity index (χ1n) is 8.54. The van der Waals surface area contributed by atoms with Gasteiger partial charge >= 0.3 is 0 Å². The molecule has 0 aromatic heterocycles. The largest absolute Gasteiger partial charge is 0.493 e. The second kappa shape index (κ2) is 6.37. The van der Waals surface area contributed by atoms with Crippen LogP contribution in [0.15, 0.2) is 42.5 Å². The Morgan fingerprint density at radius 3 is 2.46 bits per heavy atom. The second-order valence-electron chi connectivity index (χ2n) is 6.42. The molecule has 4 rings (SSSR count). The monoisotopic (exact) mass is 352 g/mol. The maximum Gasteiger partial charge on any atom is 0.256 e. The summed E-state index contributed by atoms with van der Waals surface area (Å²) in [6.07, 6.45) is 0.324. The molecule has 134 valence electrons. The van der Waals surface area contributed by atoms with Crippen LogP contribution >= 0.6 is 0 Å². The van der Waals surface area contributed by atoms with E-state index < -0.39 is 6.17 Å². The van der Waals surface area contributed by atoms with Gasteiger partial charge in [-0.3, -0.25) is 9.59 Å². The first-order valence-corrected chi connectivity index (χ1v) is 8.54. The Bertz CT molecular complexity index is 866. The third-order valence-electron chi connectivity index (χ3n) is 5.04. The Kier molecular flexibility index (Phi) is 4.03. The topological polar surface area (TPSA) is 59.1 Å². The third kappa shape index (κ3) is 2.49. The molecule has 1 saturated heterocycles. The summed E-state index contributed by atoms with van der Waals surface area (Å²) in [5, 5.41) is 0. The van der Waals surface area contributed by atoms with E-state index in [0.29, 0.717) is 23.6 Å². The number of ether oxygens (including phenoxy) is 2. The summed E-state index contributed by atoms with van der Waals surface area (Å²) in [5.74, 6) is 1.08. The Morgan fingerprint density at radius 1 is 1.08 bits per heavy atom. The van der Waals surface area contributed by atoms with Crippen LogP contribution in [0.5, 0.6) is 11.5 Å². The predicted octanol–water partition coefficient (Wildman–Crippen LogP) is 2.24. The average Bonchev–Trinajstić information content (AvgIpc) is 3.03. The van der Waals surface area contributed by atoms with Crippen LogP contribution in [0.4, 0.5) is 0 Å². The number of rotatable bonds is 3. The van der Waals surface area contributed by atoms with E-state index in [1.807, 2.05) is 30.3 Å². The zero-order valence-corrected chi connectivity index (χ0v) is 14.8. The Hall–Kier alpha value is -3.02. The van der Waals surface area contributed by atoms with Crippen molar-refractivity contribution in [3.63, 3.8) is 0 Å². The van der Waals surface area contributed by atoms with Crippen molar-refractivity contribution in [2.24, 2.45) is 0 Å². The number of benzene rings is 2. The van der Waals surface area contributed by atoms with Crippen LogP contribution in [0, 0.1) is 0 Å². The molecule has 0 radical (unpaired) electrons. The summed E-state index contributed by atoms with van der Waals surface area (Å²) >= 11 is 0. The molecule has 2 aliphatic rings. The Labute approximate surface area is 151 Å². The van der Waals surface area contributed by atoms with E-state index in [2.05, 4.69) is 0 Å². The molecule has 1 atom stereocenters. The molecule has 6 heteroatoms. The molecular weight excluding hydrogens is 332 g/mol. The van der Waals surface area contributed by atoms with E-state index in [-0.39, 0.29) is 18.4 Å². The van der Waals surface area contributed by atoms with Crippen LogP contribution in [0.1, 0.15) is 27.7 Å². The molecule has 1 unspecified atom stereocenters. The minimum atomic E-state index is -0.404. The molecule has 2 aliphatic heterocycles. The van der Waals surface area contributed by atoms with Crippen LogP contribution in [0.25, 0.3) is 0 Å². The molecule has 0 spiro atoms. The van der Waals surface area contributed by atoms with Crippen LogP contribution < -0.4 is 9.47 Å². The maximum atomic E-state index is 13.0.